The van der Waals surface area contributed by atoms with Gasteiger partial charge in [-0.3, -0.25) is 9.71 Å². The van der Waals surface area contributed by atoms with Crippen molar-refractivity contribution in [3.05, 3.63) is 59.1 Å². The molecule has 7 nitrogen and oxygen atoms in total. The molecule has 1 fully saturated rings. The van der Waals surface area contributed by atoms with Crippen LogP contribution in [0.5, 0.6) is 0 Å². The molecule has 9 heteroatoms. The number of guanidine groups is 1. The fourth-order valence-corrected chi connectivity index (χ4v) is 4.11. The fraction of sp³-hybridized carbons (Fsp3) is 0.350. The molecule has 29 heavy (non-hydrogen) atoms. The standard InChI is InChI=1S/C20H26ClN5O2S/c1-22-20(23-15-16-6-3-4-9-19(16)24-29(2,27)28)26-12-10-25(11-13-26)18-8-5-7-17(21)14-18/h3-9,14,24H,10-13,15H2,1-2H3,(H,22,23). The van der Waals surface area contributed by atoms with E-state index in [4.69, 9.17) is 11.6 Å². The normalized spacial score (nSPS) is 15.3. The van der Waals surface area contributed by atoms with E-state index in [1.54, 1.807) is 19.2 Å². The second-order valence-electron chi connectivity index (χ2n) is 6.89. The van der Waals surface area contributed by atoms with Crippen LogP contribution in [0.4, 0.5) is 11.4 Å². The summed E-state index contributed by atoms with van der Waals surface area (Å²) < 4.78 is 25.7. The highest BCUT2D eigenvalue weighted by Crippen LogP contribution is 2.21. The zero-order chi connectivity index (χ0) is 20.9. The molecule has 0 amide bonds. The fourth-order valence-electron chi connectivity index (χ4n) is 3.33. The lowest BCUT2D eigenvalue weighted by atomic mass is 10.2. The number of rotatable bonds is 5. The van der Waals surface area contributed by atoms with E-state index in [1.807, 2.05) is 30.3 Å². The number of piperazine rings is 1. The summed E-state index contributed by atoms with van der Waals surface area (Å²) in [6.45, 7) is 3.87. The number of hydrogen-bond acceptors (Lipinski definition) is 4. The molecule has 0 bridgehead atoms. The summed E-state index contributed by atoms with van der Waals surface area (Å²) in [6.07, 6.45) is 1.15. The third-order valence-electron chi connectivity index (χ3n) is 4.71. The van der Waals surface area contributed by atoms with Crippen LogP contribution in [0, 0.1) is 0 Å². The quantitative estimate of drug-likeness (QED) is 0.557. The van der Waals surface area contributed by atoms with Crippen LogP contribution in [-0.4, -0.2) is 58.8 Å². The summed E-state index contributed by atoms with van der Waals surface area (Å²) in [5.74, 6) is 0.796. The van der Waals surface area contributed by atoms with Gasteiger partial charge in [0.2, 0.25) is 10.0 Å². The number of benzene rings is 2. The van der Waals surface area contributed by atoms with E-state index in [0.717, 1.165) is 54.7 Å². The van der Waals surface area contributed by atoms with Gasteiger partial charge in [0.25, 0.3) is 0 Å². The molecule has 2 N–H and O–H groups in total. The van der Waals surface area contributed by atoms with Gasteiger partial charge in [-0.25, -0.2) is 8.42 Å². The number of anilines is 2. The second-order valence-corrected chi connectivity index (χ2v) is 9.07. The summed E-state index contributed by atoms with van der Waals surface area (Å²) in [5, 5.41) is 4.09. The van der Waals surface area contributed by atoms with E-state index in [9.17, 15) is 8.42 Å². The highest BCUT2D eigenvalue weighted by molar-refractivity contribution is 7.92. The lowest BCUT2D eigenvalue weighted by Crippen LogP contribution is -2.52. The lowest BCUT2D eigenvalue weighted by Gasteiger charge is -2.37. The van der Waals surface area contributed by atoms with Crippen LogP contribution in [0.2, 0.25) is 5.02 Å². The highest BCUT2D eigenvalue weighted by Gasteiger charge is 2.20. The van der Waals surface area contributed by atoms with Crippen LogP contribution in [0.15, 0.2) is 53.5 Å². The Labute approximate surface area is 177 Å². The third-order valence-corrected chi connectivity index (χ3v) is 5.54. The van der Waals surface area contributed by atoms with Crippen molar-refractivity contribution in [2.45, 2.75) is 6.54 Å². The number of hydrogen-bond donors (Lipinski definition) is 2. The largest absolute Gasteiger partial charge is 0.368 e. The van der Waals surface area contributed by atoms with Crippen molar-refractivity contribution in [1.82, 2.24) is 10.2 Å². The molecule has 0 aliphatic carbocycles. The zero-order valence-corrected chi connectivity index (χ0v) is 18.2. The minimum Gasteiger partial charge on any atom is -0.368 e. The Bertz CT molecular complexity index is 972. The van der Waals surface area contributed by atoms with Crippen molar-refractivity contribution >= 4 is 39.0 Å². The minimum absolute atomic E-state index is 0.472. The summed E-state index contributed by atoms with van der Waals surface area (Å²) in [7, 11) is -1.58. The molecule has 2 aromatic rings. The van der Waals surface area contributed by atoms with Crippen LogP contribution >= 0.6 is 11.6 Å². The van der Waals surface area contributed by atoms with Crippen LogP contribution in [-0.2, 0) is 16.6 Å². The SMILES string of the molecule is CN=C(NCc1ccccc1NS(C)(=O)=O)N1CCN(c2cccc(Cl)c2)CC1. The third kappa shape index (κ3) is 6.01. The maximum absolute atomic E-state index is 11.6. The Morgan fingerprint density at radius 3 is 2.48 bits per heavy atom. The predicted octanol–water partition coefficient (Wildman–Crippen LogP) is 2.61. The first kappa shape index (κ1) is 21.3. The van der Waals surface area contributed by atoms with E-state index in [0.29, 0.717) is 12.2 Å². The molecule has 1 aliphatic heterocycles. The van der Waals surface area contributed by atoms with Gasteiger partial charge in [-0.15, -0.1) is 0 Å². The second kappa shape index (κ2) is 9.37. The zero-order valence-electron chi connectivity index (χ0n) is 16.6. The summed E-state index contributed by atoms with van der Waals surface area (Å²) in [4.78, 5) is 8.90. The van der Waals surface area contributed by atoms with Gasteiger partial charge in [-0.05, 0) is 29.8 Å². The summed E-state index contributed by atoms with van der Waals surface area (Å²) in [5.41, 5.74) is 2.56. The minimum atomic E-state index is -3.33. The van der Waals surface area contributed by atoms with Crippen molar-refractivity contribution in [3.8, 4) is 0 Å². The van der Waals surface area contributed by atoms with Gasteiger partial charge in [0, 0.05) is 50.5 Å². The van der Waals surface area contributed by atoms with E-state index in [-0.39, 0.29) is 0 Å². The molecule has 0 atom stereocenters. The molecule has 0 spiro atoms. The van der Waals surface area contributed by atoms with Gasteiger partial charge in [0.15, 0.2) is 5.96 Å². The number of aliphatic imine (C=N–C) groups is 1. The van der Waals surface area contributed by atoms with Gasteiger partial charge in [0.05, 0.1) is 11.9 Å². The number of nitrogens with one attached hydrogen (secondary N) is 2. The highest BCUT2D eigenvalue weighted by atomic mass is 35.5. The van der Waals surface area contributed by atoms with Crippen molar-refractivity contribution in [1.29, 1.82) is 0 Å². The molecule has 3 rings (SSSR count). The molecule has 156 valence electrons. The maximum atomic E-state index is 11.6. The molecule has 1 saturated heterocycles. The Kier molecular flexibility index (Phi) is 6.87. The molecule has 2 aromatic carbocycles. The van der Waals surface area contributed by atoms with E-state index in [2.05, 4.69) is 30.9 Å². The molecule has 1 heterocycles. The number of para-hydroxylation sites is 1. The first-order valence-electron chi connectivity index (χ1n) is 9.37. The number of sulfonamides is 1. The van der Waals surface area contributed by atoms with Crippen molar-refractivity contribution in [2.24, 2.45) is 4.99 Å². The van der Waals surface area contributed by atoms with Gasteiger partial charge < -0.3 is 15.1 Å². The molecule has 0 saturated carbocycles. The molecular weight excluding hydrogens is 410 g/mol. The van der Waals surface area contributed by atoms with Gasteiger partial charge in [0.1, 0.15) is 0 Å². The molecule has 0 radical (unpaired) electrons. The average molecular weight is 436 g/mol. The van der Waals surface area contributed by atoms with Crippen LogP contribution in [0.25, 0.3) is 0 Å². The number of halogens is 1. The first-order chi connectivity index (χ1) is 13.9. The molecule has 1 aliphatic rings. The van der Waals surface area contributed by atoms with E-state index < -0.39 is 10.0 Å². The van der Waals surface area contributed by atoms with Crippen molar-refractivity contribution in [3.63, 3.8) is 0 Å². The summed E-state index contributed by atoms with van der Waals surface area (Å²) in [6, 6.07) is 15.2. The Morgan fingerprint density at radius 1 is 1.10 bits per heavy atom. The lowest BCUT2D eigenvalue weighted by molar-refractivity contribution is 0.372. The molecule has 0 aromatic heterocycles. The smallest absolute Gasteiger partial charge is 0.229 e. The topological polar surface area (TPSA) is 77.0 Å². The molecular formula is C20H26ClN5O2S. The van der Waals surface area contributed by atoms with Crippen molar-refractivity contribution in [2.75, 3.05) is 49.1 Å². The van der Waals surface area contributed by atoms with Crippen LogP contribution in [0.3, 0.4) is 0 Å². The van der Waals surface area contributed by atoms with E-state index >= 15 is 0 Å². The first-order valence-corrected chi connectivity index (χ1v) is 11.6. The van der Waals surface area contributed by atoms with Gasteiger partial charge in [-0.1, -0.05) is 35.9 Å². The number of nitrogens with zero attached hydrogens (tertiary/aromatic N) is 3. The average Bonchev–Trinajstić information content (AvgIpc) is 2.69. The van der Waals surface area contributed by atoms with E-state index in [1.165, 1.54) is 0 Å². The Morgan fingerprint density at radius 2 is 1.83 bits per heavy atom. The maximum Gasteiger partial charge on any atom is 0.229 e. The predicted molar refractivity (Wildman–Crippen MR) is 120 cm³/mol. The monoisotopic (exact) mass is 435 g/mol. The van der Waals surface area contributed by atoms with Gasteiger partial charge in [-0.2, -0.15) is 0 Å². The Hall–Kier alpha value is -2.45. The summed E-state index contributed by atoms with van der Waals surface area (Å²) >= 11 is 6.11. The van der Waals surface area contributed by atoms with Crippen LogP contribution < -0.4 is 14.9 Å². The van der Waals surface area contributed by atoms with Crippen molar-refractivity contribution < 1.29 is 8.42 Å². The Balaban J connectivity index is 1.60. The van der Waals surface area contributed by atoms with Gasteiger partial charge >= 0.3 is 0 Å². The van der Waals surface area contributed by atoms with Crippen LogP contribution in [0.1, 0.15) is 5.56 Å². The molecule has 0 unspecified atom stereocenters.